The SMILES string of the molecule is CN=C1C=C2CC[C@H]3[C@@H]4CC[C@H]([C@H](C)CCCC(C)C)[C@@]4(C)CC[C@@H]3[C@@]2(C)CC1. The Morgan fingerprint density at radius 3 is 2.48 bits per heavy atom. The first-order chi connectivity index (χ1) is 13.8. The van der Waals surface area contributed by atoms with Crippen LogP contribution in [0.1, 0.15) is 105 Å². The normalized spacial score (nSPS) is 44.2. The molecule has 0 N–H and O–H groups in total. The summed E-state index contributed by atoms with van der Waals surface area (Å²) in [6.45, 7) is 12.7. The summed E-state index contributed by atoms with van der Waals surface area (Å²) in [5, 5.41) is 0. The van der Waals surface area contributed by atoms with E-state index in [2.05, 4.69) is 45.7 Å². The lowest BCUT2D eigenvalue weighted by Crippen LogP contribution is -2.51. The van der Waals surface area contributed by atoms with Gasteiger partial charge >= 0.3 is 0 Å². The Hall–Kier alpha value is -0.590. The zero-order chi connectivity index (χ0) is 20.8. The molecule has 3 saturated carbocycles. The van der Waals surface area contributed by atoms with Crippen LogP contribution in [-0.2, 0) is 0 Å². The van der Waals surface area contributed by atoms with Gasteiger partial charge in [0.1, 0.15) is 0 Å². The largest absolute Gasteiger partial charge is 0.293 e. The first-order valence-electron chi connectivity index (χ1n) is 13.0. The van der Waals surface area contributed by atoms with E-state index in [1.54, 1.807) is 5.57 Å². The smallest absolute Gasteiger partial charge is 0.0344 e. The van der Waals surface area contributed by atoms with Crippen molar-refractivity contribution in [3.05, 3.63) is 11.6 Å². The molecule has 164 valence electrons. The van der Waals surface area contributed by atoms with Gasteiger partial charge in [-0.2, -0.15) is 0 Å². The van der Waals surface area contributed by atoms with E-state index in [1.165, 1.54) is 76.3 Å². The quantitative estimate of drug-likeness (QED) is 0.444. The number of rotatable bonds is 5. The van der Waals surface area contributed by atoms with E-state index in [1.807, 2.05) is 7.05 Å². The van der Waals surface area contributed by atoms with Crippen molar-refractivity contribution in [2.45, 2.75) is 105 Å². The van der Waals surface area contributed by atoms with Crippen molar-refractivity contribution in [1.29, 1.82) is 0 Å². The number of aliphatic imine (C=N–C) groups is 1. The summed E-state index contributed by atoms with van der Waals surface area (Å²) < 4.78 is 0. The van der Waals surface area contributed by atoms with Gasteiger partial charge in [-0.1, -0.05) is 59.5 Å². The highest BCUT2D eigenvalue weighted by molar-refractivity contribution is 5.96. The molecule has 0 aromatic rings. The molecule has 1 heteroatoms. The second-order valence-electron chi connectivity index (χ2n) is 12.2. The highest BCUT2D eigenvalue weighted by Gasteiger charge is 2.59. The predicted octanol–water partition coefficient (Wildman–Crippen LogP) is 8.10. The monoisotopic (exact) mass is 397 g/mol. The van der Waals surface area contributed by atoms with E-state index in [9.17, 15) is 0 Å². The van der Waals surface area contributed by atoms with Crippen LogP contribution < -0.4 is 0 Å². The molecular weight excluding hydrogens is 350 g/mol. The van der Waals surface area contributed by atoms with Crippen LogP contribution in [0, 0.1) is 46.3 Å². The summed E-state index contributed by atoms with van der Waals surface area (Å²) in [6, 6.07) is 0. The van der Waals surface area contributed by atoms with Crippen LogP contribution >= 0.6 is 0 Å². The van der Waals surface area contributed by atoms with E-state index in [4.69, 9.17) is 0 Å². The van der Waals surface area contributed by atoms with Crippen molar-refractivity contribution < 1.29 is 0 Å². The van der Waals surface area contributed by atoms with Gasteiger partial charge in [-0.05, 0) is 104 Å². The maximum atomic E-state index is 4.54. The predicted molar refractivity (Wildman–Crippen MR) is 126 cm³/mol. The first kappa shape index (κ1) is 21.6. The van der Waals surface area contributed by atoms with Gasteiger partial charge < -0.3 is 0 Å². The van der Waals surface area contributed by atoms with Crippen LogP contribution in [0.25, 0.3) is 0 Å². The first-order valence-corrected chi connectivity index (χ1v) is 13.0. The van der Waals surface area contributed by atoms with Gasteiger partial charge in [0.25, 0.3) is 0 Å². The molecular formula is C28H47N. The van der Waals surface area contributed by atoms with E-state index < -0.39 is 0 Å². The van der Waals surface area contributed by atoms with Crippen molar-refractivity contribution in [2.75, 3.05) is 7.05 Å². The number of hydrogen-bond acceptors (Lipinski definition) is 1. The zero-order valence-electron chi connectivity index (χ0n) is 20.3. The fraction of sp³-hybridized carbons (Fsp3) is 0.893. The molecule has 3 fully saturated rings. The van der Waals surface area contributed by atoms with Crippen molar-refractivity contribution in [1.82, 2.24) is 0 Å². The maximum Gasteiger partial charge on any atom is 0.0344 e. The molecule has 4 aliphatic carbocycles. The molecule has 0 spiro atoms. The Morgan fingerprint density at radius 2 is 1.76 bits per heavy atom. The van der Waals surface area contributed by atoms with Crippen molar-refractivity contribution in [3.63, 3.8) is 0 Å². The molecule has 0 saturated heterocycles. The maximum absolute atomic E-state index is 4.54. The molecule has 0 radical (unpaired) electrons. The third-order valence-corrected chi connectivity index (χ3v) is 10.5. The van der Waals surface area contributed by atoms with E-state index in [0.29, 0.717) is 10.8 Å². The molecule has 0 aliphatic heterocycles. The third-order valence-electron chi connectivity index (χ3n) is 10.5. The highest BCUT2D eigenvalue weighted by Crippen LogP contribution is 2.67. The topological polar surface area (TPSA) is 12.4 Å². The standard InChI is InChI=1S/C28H47N/c1-19(2)8-7-9-20(3)24-12-13-25-23-11-10-21-18-22(29-6)14-16-27(21,4)26(23)15-17-28(24,25)5/h18-20,23-26H,7-17H2,1-6H3/t20-,23+,24-,25+,26+,27+,28-/m1/s1. The summed E-state index contributed by atoms with van der Waals surface area (Å²) in [5.74, 6) is 5.70. The highest BCUT2D eigenvalue weighted by atomic mass is 14.7. The van der Waals surface area contributed by atoms with Crippen LogP contribution in [0.3, 0.4) is 0 Å². The van der Waals surface area contributed by atoms with Crippen LogP contribution in [0.15, 0.2) is 16.6 Å². The van der Waals surface area contributed by atoms with Crippen LogP contribution in [0.2, 0.25) is 0 Å². The van der Waals surface area contributed by atoms with Gasteiger partial charge in [0.2, 0.25) is 0 Å². The van der Waals surface area contributed by atoms with E-state index in [-0.39, 0.29) is 0 Å². The Labute approximate surface area is 181 Å². The van der Waals surface area contributed by atoms with Crippen LogP contribution in [0.4, 0.5) is 0 Å². The molecule has 0 aromatic carbocycles. The molecule has 0 amide bonds. The molecule has 7 atom stereocenters. The van der Waals surface area contributed by atoms with Crippen molar-refractivity contribution in [3.8, 4) is 0 Å². The lowest BCUT2D eigenvalue weighted by molar-refractivity contribution is -0.0573. The zero-order valence-corrected chi connectivity index (χ0v) is 20.3. The van der Waals surface area contributed by atoms with Gasteiger partial charge in [0.15, 0.2) is 0 Å². The van der Waals surface area contributed by atoms with E-state index in [0.717, 1.165) is 35.5 Å². The Kier molecular flexibility index (Phi) is 6.09. The lowest BCUT2D eigenvalue weighted by Gasteiger charge is -2.58. The summed E-state index contributed by atoms with van der Waals surface area (Å²) in [7, 11) is 1.98. The molecule has 29 heavy (non-hydrogen) atoms. The van der Waals surface area contributed by atoms with Gasteiger partial charge in [0, 0.05) is 12.8 Å². The van der Waals surface area contributed by atoms with Crippen molar-refractivity contribution >= 4 is 5.71 Å². The minimum absolute atomic E-state index is 0.472. The minimum atomic E-state index is 0.472. The fourth-order valence-corrected chi connectivity index (χ4v) is 8.77. The second kappa shape index (κ2) is 8.16. The Bertz CT molecular complexity index is 657. The number of hydrogen-bond donors (Lipinski definition) is 0. The average molecular weight is 398 g/mol. The number of fused-ring (bicyclic) bond motifs is 5. The van der Waals surface area contributed by atoms with Crippen LogP contribution in [-0.4, -0.2) is 12.8 Å². The minimum Gasteiger partial charge on any atom is -0.293 e. The summed E-state index contributed by atoms with van der Waals surface area (Å²) >= 11 is 0. The van der Waals surface area contributed by atoms with Gasteiger partial charge in [0.05, 0.1) is 0 Å². The Balaban J connectivity index is 1.49. The number of nitrogens with zero attached hydrogens (tertiary/aromatic N) is 1. The second-order valence-corrected chi connectivity index (χ2v) is 12.2. The lowest BCUT2D eigenvalue weighted by atomic mass is 9.46. The fourth-order valence-electron chi connectivity index (χ4n) is 8.77. The van der Waals surface area contributed by atoms with Gasteiger partial charge in [-0.15, -0.1) is 0 Å². The van der Waals surface area contributed by atoms with Gasteiger partial charge in [-0.25, -0.2) is 0 Å². The molecule has 4 aliphatic rings. The molecule has 0 unspecified atom stereocenters. The molecule has 1 nitrogen and oxygen atoms in total. The summed E-state index contributed by atoms with van der Waals surface area (Å²) in [4.78, 5) is 4.54. The number of allylic oxidation sites excluding steroid dienone is 2. The van der Waals surface area contributed by atoms with E-state index >= 15 is 0 Å². The molecule has 0 heterocycles. The molecule has 0 aromatic heterocycles. The Morgan fingerprint density at radius 1 is 0.966 bits per heavy atom. The summed E-state index contributed by atoms with van der Waals surface area (Å²) in [6.07, 6.45) is 18.2. The molecule has 4 rings (SSSR count). The average Bonchev–Trinajstić information content (AvgIpc) is 3.04. The summed E-state index contributed by atoms with van der Waals surface area (Å²) in [5.41, 5.74) is 4.21. The third kappa shape index (κ3) is 3.67. The van der Waals surface area contributed by atoms with Crippen molar-refractivity contribution in [2.24, 2.45) is 51.3 Å². The molecule has 0 bridgehead atoms. The van der Waals surface area contributed by atoms with Gasteiger partial charge in [-0.3, -0.25) is 4.99 Å². The van der Waals surface area contributed by atoms with Crippen LogP contribution in [0.5, 0.6) is 0 Å².